The number of rotatable bonds is 6. The minimum Gasteiger partial charge on any atom is -0.452 e. The van der Waals surface area contributed by atoms with Gasteiger partial charge in [-0.1, -0.05) is 23.7 Å². The Balaban J connectivity index is 1.68. The molecule has 2 aromatic rings. The van der Waals surface area contributed by atoms with Gasteiger partial charge in [-0.15, -0.1) is 0 Å². The number of piperidine rings is 1. The van der Waals surface area contributed by atoms with Crippen molar-refractivity contribution in [3.8, 4) is 0 Å². The van der Waals surface area contributed by atoms with E-state index in [-0.39, 0.29) is 40.0 Å². The molecule has 1 fully saturated rings. The second kappa shape index (κ2) is 10.0. The van der Waals surface area contributed by atoms with Crippen LogP contribution in [0.15, 0.2) is 42.5 Å². The highest BCUT2D eigenvalue weighted by molar-refractivity contribution is 6.34. The molecule has 10 heteroatoms. The molecule has 0 spiro atoms. The summed E-state index contributed by atoms with van der Waals surface area (Å²) < 4.78 is 5.15. The number of esters is 1. The zero-order chi connectivity index (χ0) is 22.4. The van der Waals surface area contributed by atoms with Crippen LogP contribution in [0.3, 0.4) is 0 Å². The average Bonchev–Trinajstić information content (AvgIpc) is 2.78. The first kappa shape index (κ1) is 22.2. The van der Waals surface area contributed by atoms with Crippen molar-refractivity contribution in [2.24, 2.45) is 0 Å². The predicted octanol–water partition coefficient (Wildman–Crippen LogP) is 3.67. The fourth-order valence-electron chi connectivity index (χ4n) is 3.20. The van der Waals surface area contributed by atoms with Gasteiger partial charge in [-0.25, -0.2) is 4.79 Å². The van der Waals surface area contributed by atoms with Crippen LogP contribution in [0.4, 0.5) is 11.4 Å². The highest BCUT2D eigenvalue weighted by Crippen LogP contribution is 2.24. The summed E-state index contributed by atoms with van der Waals surface area (Å²) in [6.07, 6.45) is 2.94. The Labute approximate surface area is 183 Å². The highest BCUT2D eigenvalue weighted by atomic mass is 35.5. The van der Waals surface area contributed by atoms with E-state index in [2.05, 4.69) is 5.32 Å². The van der Waals surface area contributed by atoms with Gasteiger partial charge in [0.1, 0.15) is 0 Å². The average molecular weight is 446 g/mol. The molecule has 1 aliphatic rings. The number of nitrogens with zero attached hydrogens (tertiary/aromatic N) is 2. The van der Waals surface area contributed by atoms with Crippen molar-refractivity contribution >= 4 is 40.8 Å². The van der Waals surface area contributed by atoms with Crippen LogP contribution in [0.25, 0.3) is 0 Å². The first-order valence-corrected chi connectivity index (χ1v) is 10.0. The van der Waals surface area contributed by atoms with Crippen molar-refractivity contribution in [2.45, 2.75) is 19.3 Å². The van der Waals surface area contributed by atoms with Gasteiger partial charge in [0.25, 0.3) is 17.5 Å². The molecule has 1 saturated heterocycles. The van der Waals surface area contributed by atoms with Crippen LogP contribution in [0.1, 0.15) is 40.0 Å². The number of carbonyl (C=O) groups excluding carboxylic acids is 3. The first-order valence-electron chi connectivity index (χ1n) is 9.66. The summed E-state index contributed by atoms with van der Waals surface area (Å²) in [7, 11) is 0. The summed E-state index contributed by atoms with van der Waals surface area (Å²) in [5.74, 6) is -1.66. The van der Waals surface area contributed by atoms with E-state index in [9.17, 15) is 24.5 Å². The number of nitrogens with one attached hydrogen (secondary N) is 1. The number of likely N-dealkylation sites (tertiary alicyclic amines) is 1. The summed E-state index contributed by atoms with van der Waals surface area (Å²) in [6.45, 7) is 0.924. The van der Waals surface area contributed by atoms with Crippen molar-refractivity contribution < 1.29 is 24.0 Å². The van der Waals surface area contributed by atoms with Gasteiger partial charge >= 0.3 is 5.97 Å². The number of carbonyl (C=O) groups is 3. The Kier molecular flexibility index (Phi) is 7.19. The third-order valence-corrected chi connectivity index (χ3v) is 5.15. The third kappa shape index (κ3) is 5.58. The molecule has 2 aromatic carbocycles. The van der Waals surface area contributed by atoms with Crippen LogP contribution in [0, 0.1) is 10.1 Å². The van der Waals surface area contributed by atoms with E-state index < -0.39 is 16.8 Å². The molecule has 0 bridgehead atoms. The second-order valence-corrected chi connectivity index (χ2v) is 7.35. The smallest absolute Gasteiger partial charge is 0.340 e. The molecule has 0 unspecified atom stereocenters. The van der Waals surface area contributed by atoms with Crippen LogP contribution in [-0.2, 0) is 9.53 Å². The van der Waals surface area contributed by atoms with Gasteiger partial charge in [0, 0.05) is 25.2 Å². The number of hydrogen-bond donors (Lipinski definition) is 1. The predicted molar refractivity (Wildman–Crippen MR) is 113 cm³/mol. The number of hydrogen-bond acceptors (Lipinski definition) is 6. The number of ether oxygens (including phenoxy) is 1. The summed E-state index contributed by atoms with van der Waals surface area (Å²) in [4.78, 5) is 49.2. The molecule has 9 nitrogen and oxygen atoms in total. The number of nitro benzene ring substituents is 1. The number of amides is 2. The van der Waals surface area contributed by atoms with E-state index in [0.29, 0.717) is 13.1 Å². The van der Waals surface area contributed by atoms with E-state index in [1.807, 2.05) is 0 Å². The Morgan fingerprint density at radius 1 is 1.06 bits per heavy atom. The molecule has 0 aromatic heterocycles. The number of non-ortho nitro benzene ring substituents is 1. The van der Waals surface area contributed by atoms with E-state index in [4.69, 9.17) is 16.3 Å². The van der Waals surface area contributed by atoms with Crippen molar-refractivity contribution in [3.05, 3.63) is 68.7 Å². The minimum absolute atomic E-state index is 0.00992. The normalized spacial score (nSPS) is 13.4. The number of nitro groups is 1. The van der Waals surface area contributed by atoms with Gasteiger partial charge < -0.3 is 15.0 Å². The molecule has 0 atom stereocenters. The van der Waals surface area contributed by atoms with Gasteiger partial charge in [-0.2, -0.15) is 0 Å². The SMILES string of the molecule is O=C(Nc1ccccc1C(=O)OCC(=O)N1CCCCC1)c1ccc([N+](=O)[O-])cc1Cl. The Hall–Kier alpha value is -3.46. The monoisotopic (exact) mass is 445 g/mol. The number of para-hydroxylation sites is 1. The standard InChI is InChI=1S/C21H20ClN3O6/c22-17-12-14(25(29)30)8-9-15(17)20(27)23-18-7-3-2-6-16(18)21(28)31-13-19(26)24-10-4-1-5-11-24/h2-3,6-9,12H,1,4-5,10-11,13H2,(H,23,27). The van der Waals surface area contributed by atoms with E-state index in [1.165, 1.54) is 18.2 Å². The molecule has 1 aliphatic heterocycles. The Bertz CT molecular complexity index is 1020. The first-order chi connectivity index (χ1) is 14.9. The fraction of sp³-hybridized carbons (Fsp3) is 0.286. The minimum atomic E-state index is -0.754. The van der Waals surface area contributed by atoms with Gasteiger partial charge in [-0.05, 0) is 37.5 Å². The van der Waals surface area contributed by atoms with E-state index in [0.717, 1.165) is 31.4 Å². The highest BCUT2D eigenvalue weighted by Gasteiger charge is 2.21. The lowest BCUT2D eigenvalue weighted by Crippen LogP contribution is -2.38. The summed E-state index contributed by atoms with van der Waals surface area (Å²) in [5, 5.41) is 13.3. The third-order valence-electron chi connectivity index (χ3n) is 4.84. The van der Waals surface area contributed by atoms with Gasteiger partial charge in [0.05, 0.1) is 26.8 Å². The van der Waals surface area contributed by atoms with E-state index >= 15 is 0 Å². The molecule has 31 heavy (non-hydrogen) atoms. The van der Waals surface area contributed by atoms with Crippen molar-refractivity contribution in [1.82, 2.24) is 4.90 Å². The number of anilines is 1. The van der Waals surface area contributed by atoms with Gasteiger partial charge in [0.15, 0.2) is 6.61 Å². The fourth-order valence-corrected chi connectivity index (χ4v) is 3.46. The van der Waals surface area contributed by atoms with Crippen molar-refractivity contribution in [1.29, 1.82) is 0 Å². The zero-order valence-corrected chi connectivity index (χ0v) is 17.3. The van der Waals surface area contributed by atoms with Crippen LogP contribution < -0.4 is 5.32 Å². The zero-order valence-electron chi connectivity index (χ0n) is 16.5. The van der Waals surface area contributed by atoms with Crippen LogP contribution in [0.2, 0.25) is 5.02 Å². The van der Waals surface area contributed by atoms with Gasteiger partial charge in [-0.3, -0.25) is 19.7 Å². The topological polar surface area (TPSA) is 119 Å². The second-order valence-electron chi connectivity index (χ2n) is 6.94. The molecule has 0 saturated carbocycles. The Morgan fingerprint density at radius 3 is 2.45 bits per heavy atom. The number of halogens is 1. The lowest BCUT2D eigenvalue weighted by Gasteiger charge is -2.26. The molecule has 3 rings (SSSR count). The van der Waals surface area contributed by atoms with Crippen molar-refractivity contribution in [3.63, 3.8) is 0 Å². The summed E-state index contributed by atoms with van der Waals surface area (Å²) >= 11 is 6.00. The van der Waals surface area contributed by atoms with Crippen LogP contribution in [0.5, 0.6) is 0 Å². The summed E-state index contributed by atoms with van der Waals surface area (Å²) in [5.41, 5.74) is -0.00252. The Morgan fingerprint density at radius 2 is 1.77 bits per heavy atom. The van der Waals surface area contributed by atoms with Gasteiger partial charge in [0.2, 0.25) is 0 Å². The molecular weight excluding hydrogens is 426 g/mol. The summed E-state index contributed by atoms with van der Waals surface area (Å²) in [6, 6.07) is 9.63. The molecule has 162 valence electrons. The maximum atomic E-state index is 12.6. The van der Waals surface area contributed by atoms with Crippen LogP contribution >= 0.6 is 11.6 Å². The maximum absolute atomic E-state index is 12.6. The maximum Gasteiger partial charge on any atom is 0.340 e. The van der Waals surface area contributed by atoms with Crippen molar-refractivity contribution in [2.75, 3.05) is 25.0 Å². The molecule has 0 radical (unpaired) electrons. The molecular formula is C21H20ClN3O6. The molecule has 1 N–H and O–H groups in total. The quantitative estimate of drug-likeness (QED) is 0.411. The van der Waals surface area contributed by atoms with E-state index in [1.54, 1.807) is 17.0 Å². The molecule has 1 heterocycles. The lowest BCUT2D eigenvalue weighted by molar-refractivity contribution is -0.384. The largest absolute Gasteiger partial charge is 0.452 e. The molecule has 2 amide bonds. The lowest BCUT2D eigenvalue weighted by atomic mass is 10.1. The molecule has 0 aliphatic carbocycles. The number of benzene rings is 2. The van der Waals surface area contributed by atoms with Crippen LogP contribution in [-0.4, -0.2) is 47.3 Å².